The van der Waals surface area contributed by atoms with E-state index in [1.807, 2.05) is 12.1 Å². The SMILES string of the molecule is O=C(CCCNC(=O)C1CC1)Nc1cccnc1N1CCCCC1. The van der Waals surface area contributed by atoms with Gasteiger partial charge in [-0.15, -0.1) is 0 Å². The lowest BCUT2D eigenvalue weighted by Crippen LogP contribution is -2.31. The van der Waals surface area contributed by atoms with E-state index in [4.69, 9.17) is 0 Å². The van der Waals surface area contributed by atoms with E-state index in [2.05, 4.69) is 20.5 Å². The Kier molecular flexibility index (Phi) is 5.67. The van der Waals surface area contributed by atoms with Gasteiger partial charge in [-0.05, 0) is 50.7 Å². The third-order valence-electron chi connectivity index (χ3n) is 4.54. The Bertz CT molecular complexity index is 580. The molecule has 1 aromatic rings. The molecule has 6 nitrogen and oxygen atoms in total. The van der Waals surface area contributed by atoms with Crippen molar-refractivity contribution in [1.29, 1.82) is 0 Å². The zero-order valence-corrected chi connectivity index (χ0v) is 14.1. The molecule has 130 valence electrons. The van der Waals surface area contributed by atoms with E-state index in [1.165, 1.54) is 19.3 Å². The molecule has 1 aromatic heterocycles. The van der Waals surface area contributed by atoms with Crippen LogP contribution >= 0.6 is 0 Å². The second-order valence-electron chi connectivity index (χ2n) is 6.64. The molecule has 3 rings (SSSR count). The Balaban J connectivity index is 1.46. The number of amides is 2. The fourth-order valence-electron chi connectivity index (χ4n) is 3.02. The minimum atomic E-state index is -0.0260. The molecule has 24 heavy (non-hydrogen) atoms. The van der Waals surface area contributed by atoms with Crippen molar-refractivity contribution in [3.8, 4) is 0 Å². The summed E-state index contributed by atoms with van der Waals surface area (Å²) in [4.78, 5) is 30.4. The Labute approximate surface area is 143 Å². The molecule has 2 heterocycles. The monoisotopic (exact) mass is 330 g/mol. The number of pyridine rings is 1. The van der Waals surface area contributed by atoms with Crippen molar-refractivity contribution in [3.63, 3.8) is 0 Å². The Morgan fingerprint density at radius 1 is 1.21 bits per heavy atom. The summed E-state index contributed by atoms with van der Waals surface area (Å²) in [6.07, 6.45) is 8.45. The second-order valence-corrected chi connectivity index (χ2v) is 6.64. The molecular formula is C18H26N4O2. The first kappa shape index (κ1) is 16.7. The van der Waals surface area contributed by atoms with Crippen molar-refractivity contribution < 1.29 is 9.59 Å². The van der Waals surface area contributed by atoms with Gasteiger partial charge in [0.15, 0.2) is 5.82 Å². The van der Waals surface area contributed by atoms with E-state index in [9.17, 15) is 9.59 Å². The van der Waals surface area contributed by atoms with Crippen LogP contribution in [-0.2, 0) is 9.59 Å². The van der Waals surface area contributed by atoms with Crippen LogP contribution in [0.3, 0.4) is 0 Å². The van der Waals surface area contributed by atoms with Gasteiger partial charge in [-0.2, -0.15) is 0 Å². The molecular weight excluding hydrogens is 304 g/mol. The van der Waals surface area contributed by atoms with Gasteiger partial charge < -0.3 is 15.5 Å². The molecule has 1 aliphatic carbocycles. The summed E-state index contributed by atoms with van der Waals surface area (Å²) < 4.78 is 0. The third kappa shape index (κ3) is 4.69. The highest BCUT2D eigenvalue weighted by Gasteiger charge is 2.29. The van der Waals surface area contributed by atoms with E-state index in [1.54, 1.807) is 6.20 Å². The summed E-state index contributed by atoms with van der Waals surface area (Å²) in [5.41, 5.74) is 0.784. The number of aromatic nitrogens is 1. The quantitative estimate of drug-likeness (QED) is 0.753. The van der Waals surface area contributed by atoms with Gasteiger partial charge in [0.05, 0.1) is 5.69 Å². The Morgan fingerprint density at radius 2 is 2.00 bits per heavy atom. The lowest BCUT2D eigenvalue weighted by Gasteiger charge is -2.29. The molecule has 2 fully saturated rings. The van der Waals surface area contributed by atoms with Gasteiger partial charge >= 0.3 is 0 Å². The smallest absolute Gasteiger partial charge is 0.224 e. The predicted octanol–water partition coefficient (Wildman–Crippen LogP) is 2.32. The number of piperidine rings is 1. The van der Waals surface area contributed by atoms with Crippen LogP contribution in [0.1, 0.15) is 44.9 Å². The highest BCUT2D eigenvalue weighted by atomic mass is 16.2. The topological polar surface area (TPSA) is 74.3 Å². The molecule has 0 bridgehead atoms. The van der Waals surface area contributed by atoms with Crippen LogP contribution < -0.4 is 15.5 Å². The van der Waals surface area contributed by atoms with Crippen LogP contribution in [0.2, 0.25) is 0 Å². The molecule has 2 N–H and O–H groups in total. The van der Waals surface area contributed by atoms with Crippen molar-refractivity contribution in [2.45, 2.75) is 44.9 Å². The van der Waals surface area contributed by atoms with Gasteiger partial charge in [0.2, 0.25) is 11.8 Å². The van der Waals surface area contributed by atoms with Gasteiger partial charge in [-0.3, -0.25) is 9.59 Å². The van der Waals surface area contributed by atoms with Crippen molar-refractivity contribution in [2.75, 3.05) is 29.9 Å². The standard InChI is InChI=1S/C18H26N4O2/c23-16(7-5-11-20-18(24)14-8-9-14)21-15-6-4-10-19-17(15)22-12-2-1-3-13-22/h4,6,10,14H,1-3,5,7-9,11-13H2,(H,20,24)(H,21,23). The average Bonchev–Trinajstić information content (AvgIpc) is 3.45. The highest BCUT2D eigenvalue weighted by molar-refractivity contribution is 5.93. The van der Waals surface area contributed by atoms with Gasteiger partial charge in [0, 0.05) is 38.2 Å². The number of nitrogens with zero attached hydrogens (tertiary/aromatic N) is 2. The fraction of sp³-hybridized carbons (Fsp3) is 0.611. The third-order valence-corrected chi connectivity index (χ3v) is 4.54. The normalized spacial score (nSPS) is 17.4. The molecule has 6 heteroatoms. The van der Waals surface area contributed by atoms with Crippen molar-refractivity contribution >= 4 is 23.3 Å². The summed E-state index contributed by atoms with van der Waals surface area (Å²) in [5.74, 6) is 1.20. The van der Waals surface area contributed by atoms with E-state index in [0.717, 1.165) is 37.4 Å². The Hall–Kier alpha value is -2.11. The minimum Gasteiger partial charge on any atom is -0.356 e. The molecule has 1 aliphatic heterocycles. The number of carbonyl (C=O) groups excluding carboxylic acids is 2. The molecule has 2 amide bonds. The maximum atomic E-state index is 12.2. The van der Waals surface area contributed by atoms with Crippen LogP contribution in [0, 0.1) is 5.92 Å². The second kappa shape index (κ2) is 8.13. The van der Waals surface area contributed by atoms with Crippen LogP contribution in [0.15, 0.2) is 18.3 Å². The maximum Gasteiger partial charge on any atom is 0.224 e. The van der Waals surface area contributed by atoms with Crippen molar-refractivity contribution in [3.05, 3.63) is 18.3 Å². The van der Waals surface area contributed by atoms with Crippen molar-refractivity contribution in [1.82, 2.24) is 10.3 Å². The molecule has 2 aliphatic rings. The number of anilines is 2. The first-order valence-electron chi connectivity index (χ1n) is 9.01. The van der Waals surface area contributed by atoms with E-state index in [-0.39, 0.29) is 17.7 Å². The number of carbonyl (C=O) groups is 2. The fourth-order valence-corrected chi connectivity index (χ4v) is 3.02. The van der Waals surface area contributed by atoms with Gasteiger partial charge in [0.25, 0.3) is 0 Å². The molecule has 1 saturated heterocycles. The van der Waals surface area contributed by atoms with Gasteiger partial charge in [-0.1, -0.05) is 0 Å². The maximum absolute atomic E-state index is 12.2. The molecule has 0 radical (unpaired) electrons. The van der Waals surface area contributed by atoms with Gasteiger partial charge in [-0.25, -0.2) is 4.98 Å². The first-order valence-corrected chi connectivity index (χ1v) is 9.01. The largest absolute Gasteiger partial charge is 0.356 e. The molecule has 0 spiro atoms. The minimum absolute atomic E-state index is 0.0260. The highest BCUT2D eigenvalue weighted by Crippen LogP contribution is 2.28. The lowest BCUT2D eigenvalue weighted by atomic mass is 10.1. The first-order chi connectivity index (χ1) is 11.7. The summed E-state index contributed by atoms with van der Waals surface area (Å²) in [7, 11) is 0. The number of nitrogens with one attached hydrogen (secondary N) is 2. The van der Waals surface area contributed by atoms with Gasteiger partial charge in [0.1, 0.15) is 0 Å². The molecule has 0 aromatic carbocycles. The Morgan fingerprint density at radius 3 is 2.75 bits per heavy atom. The number of rotatable bonds is 7. The van der Waals surface area contributed by atoms with Crippen LogP contribution in [0.4, 0.5) is 11.5 Å². The summed E-state index contributed by atoms with van der Waals surface area (Å²) in [5, 5.41) is 5.86. The molecule has 0 unspecified atom stereocenters. The predicted molar refractivity (Wildman–Crippen MR) is 93.9 cm³/mol. The lowest BCUT2D eigenvalue weighted by molar-refractivity contribution is -0.122. The zero-order valence-electron chi connectivity index (χ0n) is 14.1. The van der Waals surface area contributed by atoms with Crippen LogP contribution in [0.25, 0.3) is 0 Å². The summed E-state index contributed by atoms with van der Waals surface area (Å²) in [6, 6.07) is 3.75. The average molecular weight is 330 g/mol. The summed E-state index contributed by atoms with van der Waals surface area (Å²) >= 11 is 0. The number of hydrogen-bond donors (Lipinski definition) is 2. The van der Waals surface area contributed by atoms with Crippen molar-refractivity contribution in [2.24, 2.45) is 5.92 Å². The van der Waals surface area contributed by atoms with Crippen LogP contribution in [0.5, 0.6) is 0 Å². The van der Waals surface area contributed by atoms with E-state index >= 15 is 0 Å². The molecule has 0 atom stereocenters. The van der Waals surface area contributed by atoms with E-state index < -0.39 is 0 Å². The van der Waals surface area contributed by atoms with Crippen LogP contribution in [-0.4, -0.2) is 36.4 Å². The van der Waals surface area contributed by atoms with E-state index in [0.29, 0.717) is 19.4 Å². The zero-order chi connectivity index (χ0) is 16.8. The number of hydrogen-bond acceptors (Lipinski definition) is 4. The summed E-state index contributed by atoms with van der Waals surface area (Å²) in [6.45, 7) is 2.55. The molecule has 1 saturated carbocycles.